The molecule has 0 bridgehead atoms. The van der Waals surface area contributed by atoms with Crippen molar-refractivity contribution in [1.82, 2.24) is 5.32 Å². The molecule has 0 radical (unpaired) electrons. The first-order valence-corrected chi connectivity index (χ1v) is 6.00. The molecule has 0 aliphatic rings. The lowest BCUT2D eigenvalue weighted by molar-refractivity contribution is -0.138. The van der Waals surface area contributed by atoms with Crippen LogP contribution in [0.1, 0.15) is 29.9 Å². The largest absolute Gasteiger partial charge is 0.468 e. The van der Waals surface area contributed by atoms with Crippen molar-refractivity contribution in [2.24, 2.45) is 0 Å². The Hall–Kier alpha value is -1.82. The molecule has 2 rings (SSSR count). The summed E-state index contributed by atoms with van der Waals surface area (Å²) in [7, 11) is 0. The van der Waals surface area contributed by atoms with Crippen LogP contribution in [-0.2, 0) is 12.7 Å². The Labute approximate surface area is 113 Å². The van der Waals surface area contributed by atoms with Crippen LogP contribution in [0.5, 0.6) is 0 Å². The fourth-order valence-electron chi connectivity index (χ4n) is 1.87. The van der Waals surface area contributed by atoms with Crippen LogP contribution in [0.3, 0.4) is 0 Å². The lowest BCUT2D eigenvalue weighted by atomic mass is 10.1. The molecule has 0 saturated heterocycles. The Morgan fingerprint density at radius 2 is 2.00 bits per heavy atom. The second-order valence-corrected chi connectivity index (χ2v) is 4.42. The van der Waals surface area contributed by atoms with Crippen LogP contribution in [0.2, 0.25) is 0 Å². The van der Waals surface area contributed by atoms with E-state index in [1.54, 1.807) is 19.1 Å². The lowest BCUT2D eigenvalue weighted by Crippen LogP contribution is -2.20. The van der Waals surface area contributed by atoms with Gasteiger partial charge in [0.15, 0.2) is 0 Å². The van der Waals surface area contributed by atoms with Crippen molar-refractivity contribution in [3.8, 4) is 0 Å². The maximum absolute atomic E-state index is 13.0. The van der Waals surface area contributed by atoms with E-state index in [2.05, 4.69) is 5.32 Å². The van der Waals surface area contributed by atoms with Gasteiger partial charge in [-0.05, 0) is 36.8 Å². The Balaban J connectivity index is 2.13. The van der Waals surface area contributed by atoms with Crippen molar-refractivity contribution in [3.05, 3.63) is 59.3 Å². The van der Waals surface area contributed by atoms with Gasteiger partial charge in [-0.3, -0.25) is 0 Å². The molecule has 20 heavy (non-hydrogen) atoms. The summed E-state index contributed by atoms with van der Waals surface area (Å²) < 4.78 is 56.6. The average Bonchev–Trinajstić information content (AvgIpc) is 2.89. The Morgan fingerprint density at radius 3 is 2.60 bits per heavy atom. The van der Waals surface area contributed by atoms with Gasteiger partial charge in [-0.2, -0.15) is 13.2 Å². The number of rotatable bonds is 4. The minimum atomic E-state index is -4.58. The number of alkyl halides is 3. The molecule has 108 valence electrons. The molecule has 1 atom stereocenters. The maximum Gasteiger partial charge on any atom is 0.416 e. The topological polar surface area (TPSA) is 25.2 Å². The monoisotopic (exact) mass is 287 g/mol. The van der Waals surface area contributed by atoms with E-state index in [-0.39, 0.29) is 18.2 Å². The summed E-state index contributed by atoms with van der Waals surface area (Å²) in [6, 6.07) is 5.86. The van der Waals surface area contributed by atoms with Crippen LogP contribution in [0, 0.1) is 5.82 Å². The summed E-state index contributed by atoms with van der Waals surface area (Å²) >= 11 is 0. The second-order valence-electron chi connectivity index (χ2n) is 4.42. The van der Waals surface area contributed by atoms with Gasteiger partial charge in [0.2, 0.25) is 0 Å². The van der Waals surface area contributed by atoms with Crippen molar-refractivity contribution in [2.75, 3.05) is 0 Å². The summed E-state index contributed by atoms with van der Waals surface area (Å²) in [6.07, 6.45) is -3.08. The minimum absolute atomic E-state index is 0.00249. The molecule has 2 aromatic rings. The van der Waals surface area contributed by atoms with Gasteiger partial charge in [0.25, 0.3) is 0 Å². The number of nitrogens with one attached hydrogen (secondary N) is 1. The van der Waals surface area contributed by atoms with E-state index in [0.29, 0.717) is 11.8 Å². The van der Waals surface area contributed by atoms with E-state index < -0.39 is 17.6 Å². The van der Waals surface area contributed by atoms with Crippen molar-refractivity contribution in [3.63, 3.8) is 0 Å². The number of hydrogen-bond donors (Lipinski definition) is 1. The van der Waals surface area contributed by atoms with Crippen molar-refractivity contribution < 1.29 is 22.0 Å². The van der Waals surface area contributed by atoms with Gasteiger partial charge in [-0.25, -0.2) is 4.39 Å². The quantitative estimate of drug-likeness (QED) is 0.849. The second kappa shape index (κ2) is 5.66. The van der Waals surface area contributed by atoms with Crippen molar-refractivity contribution in [2.45, 2.75) is 25.7 Å². The van der Waals surface area contributed by atoms with Gasteiger partial charge in [0.05, 0.1) is 17.9 Å². The third kappa shape index (κ3) is 3.39. The van der Waals surface area contributed by atoms with Gasteiger partial charge in [-0.1, -0.05) is 6.07 Å². The number of hydrogen-bond acceptors (Lipinski definition) is 2. The third-order valence-corrected chi connectivity index (χ3v) is 2.95. The van der Waals surface area contributed by atoms with E-state index in [1.165, 1.54) is 6.26 Å². The first-order valence-electron chi connectivity index (χ1n) is 6.00. The van der Waals surface area contributed by atoms with E-state index >= 15 is 0 Å². The standard InChI is InChI=1S/C14H13F4NO/c1-9(13-3-2-6-20-13)19-8-10-4-5-11(15)7-12(10)14(16,17)18/h2-7,9,19H,8H2,1H3. The van der Waals surface area contributed by atoms with Crippen LogP contribution in [0.25, 0.3) is 0 Å². The smallest absolute Gasteiger partial charge is 0.416 e. The molecule has 1 N–H and O–H groups in total. The van der Waals surface area contributed by atoms with E-state index in [4.69, 9.17) is 4.42 Å². The molecule has 0 aliphatic carbocycles. The zero-order valence-corrected chi connectivity index (χ0v) is 10.7. The van der Waals surface area contributed by atoms with Gasteiger partial charge in [0, 0.05) is 6.54 Å². The molecule has 0 spiro atoms. The van der Waals surface area contributed by atoms with E-state index in [9.17, 15) is 17.6 Å². The number of furan rings is 1. The first-order chi connectivity index (χ1) is 9.38. The Bertz CT molecular complexity index is 563. The zero-order valence-electron chi connectivity index (χ0n) is 10.7. The summed E-state index contributed by atoms with van der Waals surface area (Å²) in [4.78, 5) is 0. The predicted molar refractivity (Wildman–Crippen MR) is 65.4 cm³/mol. The number of benzene rings is 1. The van der Waals surface area contributed by atoms with Crippen molar-refractivity contribution in [1.29, 1.82) is 0 Å². The average molecular weight is 287 g/mol. The van der Waals surface area contributed by atoms with Crippen LogP contribution < -0.4 is 5.32 Å². The Kier molecular flexibility index (Phi) is 4.13. The summed E-state index contributed by atoms with van der Waals surface area (Å²) in [5.74, 6) is -0.277. The Morgan fingerprint density at radius 1 is 1.25 bits per heavy atom. The molecule has 1 heterocycles. The minimum Gasteiger partial charge on any atom is -0.468 e. The summed E-state index contributed by atoms with van der Waals surface area (Å²) in [6.45, 7) is 1.74. The van der Waals surface area contributed by atoms with Crippen LogP contribution >= 0.6 is 0 Å². The SMILES string of the molecule is CC(NCc1ccc(F)cc1C(F)(F)F)c1ccco1. The van der Waals surface area contributed by atoms with Gasteiger partial charge < -0.3 is 9.73 Å². The molecule has 0 saturated carbocycles. The first kappa shape index (κ1) is 14.6. The molecule has 0 amide bonds. The molecule has 1 aromatic carbocycles. The highest BCUT2D eigenvalue weighted by atomic mass is 19.4. The third-order valence-electron chi connectivity index (χ3n) is 2.95. The van der Waals surface area contributed by atoms with Crippen LogP contribution in [0.15, 0.2) is 41.0 Å². The molecular weight excluding hydrogens is 274 g/mol. The molecule has 1 unspecified atom stereocenters. The fourth-order valence-corrected chi connectivity index (χ4v) is 1.87. The predicted octanol–water partition coefficient (Wildman–Crippen LogP) is 4.29. The lowest BCUT2D eigenvalue weighted by Gasteiger charge is -2.16. The highest BCUT2D eigenvalue weighted by Gasteiger charge is 2.33. The molecule has 0 aliphatic heterocycles. The highest BCUT2D eigenvalue weighted by molar-refractivity contribution is 5.30. The normalized spacial score (nSPS) is 13.4. The molecule has 6 heteroatoms. The van der Waals surface area contributed by atoms with E-state index in [0.717, 1.165) is 12.1 Å². The summed E-state index contributed by atoms with van der Waals surface area (Å²) in [5, 5.41) is 2.92. The summed E-state index contributed by atoms with van der Waals surface area (Å²) in [5.41, 5.74) is -0.964. The van der Waals surface area contributed by atoms with E-state index in [1.807, 2.05) is 0 Å². The molecular formula is C14H13F4NO. The highest BCUT2D eigenvalue weighted by Crippen LogP contribution is 2.32. The van der Waals surface area contributed by atoms with Crippen LogP contribution in [0.4, 0.5) is 17.6 Å². The molecule has 1 aromatic heterocycles. The maximum atomic E-state index is 13.0. The van der Waals surface area contributed by atoms with Crippen molar-refractivity contribution >= 4 is 0 Å². The molecule has 2 nitrogen and oxygen atoms in total. The van der Waals surface area contributed by atoms with Gasteiger partial charge in [0.1, 0.15) is 11.6 Å². The van der Waals surface area contributed by atoms with Gasteiger partial charge in [-0.15, -0.1) is 0 Å². The number of halogens is 4. The molecule has 0 fully saturated rings. The zero-order chi connectivity index (χ0) is 14.8. The van der Waals surface area contributed by atoms with Crippen LogP contribution in [-0.4, -0.2) is 0 Å². The fraction of sp³-hybridized carbons (Fsp3) is 0.286. The van der Waals surface area contributed by atoms with Gasteiger partial charge >= 0.3 is 6.18 Å².